The standard InChI is InChI=1S/C20H18BrNO5S/c1-19(2)14(16(25)26)22-17(27)20(21,18(22)28-19)15(24)13(23)12-8-7-10-5-3-4-6-11(10)9-12/h3-9,14-15,18,24H,1-2H3,(H,25,26)/t14-,15+,18+,20?/m0/s1. The van der Waals surface area contributed by atoms with Crippen molar-refractivity contribution >= 4 is 56.1 Å². The van der Waals surface area contributed by atoms with Crippen LogP contribution in [0.1, 0.15) is 24.2 Å². The van der Waals surface area contributed by atoms with Gasteiger partial charge in [-0.25, -0.2) is 4.79 Å². The Hall–Kier alpha value is -1.90. The number of carbonyl (C=O) groups excluding carboxylic acids is 2. The molecule has 2 aromatic rings. The van der Waals surface area contributed by atoms with E-state index in [1.807, 2.05) is 24.3 Å². The van der Waals surface area contributed by atoms with Crippen molar-refractivity contribution in [2.75, 3.05) is 0 Å². The third-order valence-electron chi connectivity index (χ3n) is 5.44. The van der Waals surface area contributed by atoms with Crippen LogP contribution in [-0.4, -0.2) is 59.4 Å². The molecule has 2 aromatic carbocycles. The summed E-state index contributed by atoms with van der Waals surface area (Å²) in [7, 11) is 0. The molecule has 146 valence electrons. The average Bonchev–Trinajstić information content (AvgIpc) is 2.95. The highest BCUT2D eigenvalue weighted by Gasteiger charge is 2.73. The molecule has 2 aliphatic heterocycles. The molecule has 2 N–H and O–H groups in total. The van der Waals surface area contributed by atoms with Gasteiger partial charge in [0.15, 0.2) is 10.1 Å². The van der Waals surface area contributed by atoms with Gasteiger partial charge in [0.25, 0.3) is 0 Å². The second-order valence-electron chi connectivity index (χ2n) is 7.62. The number of rotatable bonds is 4. The Labute approximate surface area is 174 Å². The molecule has 2 heterocycles. The van der Waals surface area contributed by atoms with Crippen molar-refractivity contribution in [1.29, 1.82) is 0 Å². The summed E-state index contributed by atoms with van der Waals surface area (Å²) in [5.74, 6) is -2.25. The monoisotopic (exact) mass is 463 g/mol. The lowest BCUT2D eigenvalue weighted by atomic mass is 9.84. The molecular weight excluding hydrogens is 446 g/mol. The van der Waals surface area contributed by atoms with Gasteiger partial charge < -0.3 is 15.1 Å². The number of hydrogen-bond donors (Lipinski definition) is 2. The van der Waals surface area contributed by atoms with Gasteiger partial charge in [-0.05, 0) is 30.7 Å². The number of nitrogens with zero attached hydrogens (tertiary/aromatic N) is 1. The van der Waals surface area contributed by atoms with Crippen molar-refractivity contribution in [3.63, 3.8) is 0 Å². The summed E-state index contributed by atoms with van der Waals surface area (Å²) in [5, 5.41) is 21.5. The number of carboxylic acid groups (broad SMARTS) is 1. The molecule has 0 bridgehead atoms. The molecule has 0 radical (unpaired) electrons. The van der Waals surface area contributed by atoms with E-state index in [2.05, 4.69) is 15.9 Å². The van der Waals surface area contributed by atoms with Gasteiger partial charge in [-0.15, -0.1) is 11.8 Å². The lowest BCUT2D eigenvalue weighted by molar-refractivity contribution is -0.163. The second-order valence-corrected chi connectivity index (χ2v) is 10.7. The highest BCUT2D eigenvalue weighted by molar-refractivity contribution is 9.10. The van der Waals surface area contributed by atoms with Gasteiger partial charge in [0.2, 0.25) is 5.91 Å². The first-order chi connectivity index (χ1) is 13.1. The molecule has 1 unspecified atom stereocenters. The molecule has 0 spiro atoms. The van der Waals surface area contributed by atoms with Gasteiger partial charge in [0.1, 0.15) is 17.5 Å². The van der Waals surface area contributed by atoms with Crippen molar-refractivity contribution in [1.82, 2.24) is 4.90 Å². The minimum atomic E-state index is -1.63. The summed E-state index contributed by atoms with van der Waals surface area (Å²) in [4.78, 5) is 38.7. The molecule has 0 saturated carbocycles. The zero-order chi connectivity index (χ0) is 20.4. The number of thioether (sulfide) groups is 1. The molecule has 2 aliphatic rings. The number of alkyl halides is 1. The number of β-lactam (4-membered cyclic amide) rings is 1. The van der Waals surface area contributed by atoms with Crippen LogP contribution in [0.3, 0.4) is 0 Å². The normalized spacial score (nSPS) is 29.3. The van der Waals surface area contributed by atoms with E-state index < -0.39 is 44.3 Å². The fraction of sp³-hybridized carbons (Fsp3) is 0.350. The second kappa shape index (κ2) is 6.30. The minimum Gasteiger partial charge on any atom is -0.480 e. The predicted molar refractivity (Wildman–Crippen MR) is 110 cm³/mol. The van der Waals surface area contributed by atoms with Crippen LogP contribution in [0.2, 0.25) is 0 Å². The van der Waals surface area contributed by atoms with E-state index >= 15 is 0 Å². The fourth-order valence-corrected chi connectivity index (χ4v) is 6.55. The Kier molecular flexibility index (Phi) is 4.37. The Morgan fingerprint density at radius 3 is 2.46 bits per heavy atom. The van der Waals surface area contributed by atoms with Gasteiger partial charge in [-0.3, -0.25) is 9.59 Å². The summed E-state index contributed by atoms with van der Waals surface area (Å²) >= 11 is 4.58. The van der Waals surface area contributed by atoms with Crippen molar-refractivity contribution < 1.29 is 24.6 Å². The number of halogens is 1. The number of fused-ring (bicyclic) bond motifs is 2. The maximum absolute atomic E-state index is 13.0. The van der Waals surface area contributed by atoms with E-state index in [9.17, 15) is 24.6 Å². The van der Waals surface area contributed by atoms with E-state index in [0.29, 0.717) is 5.56 Å². The first-order valence-corrected chi connectivity index (χ1v) is 10.4. The largest absolute Gasteiger partial charge is 0.480 e. The van der Waals surface area contributed by atoms with E-state index in [1.54, 1.807) is 32.0 Å². The first-order valence-electron chi connectivity index (χ1n) is 8.72. The van der Waals surface area contributed by atoms with Crippen LogP contribution in [0, 0.1) is 0 Å². The van der Waals surface area contributed by atoms with Crippen molar-refractivity contribution in [2.45, 2.75) is 40.4 Å². The number of aliphatic carboxylic acids is 1. The van der Waals surface area contributed by atoms with Crippen LogP contribution in [0.5, 0.6) is 0 Å². The number of aliphatic hydroxyl groups is 1. The maximum Gasteiger partial charge on any atom is 0.327 e. The van der Waals surface area contributed by atoms with Crippen LogP contribution < -0.4 is 0 Å². The summed E-state index contributed by atoms with van der Waals surface area (Å²) in [5.41, 5.74) is 0.299. The summed E-state index contributed by atoms with van der Waals surface area (Å²) < 4.78 is -2.28. The molecule has 2 fully saturated rings. The van der Waals surface area contributed by atoms with Crippen molar-refractivity contribution in [3.05, 3.63) is 48.0 Å². The Morgan fingerprint density at radius 2 is 1.82 bits per heavy atom. The number of aliphatic hydroxyl groups excluding tert-OH is 1. The molecular formula is C20H18BrNO5S. The predicted octanol–water partition coefficient (Wildman–Crippen LogP) is 2.66. The van der Waals surface area contributed by atoms with Crippen LogP contribution in [0.15, 0.2) is 42.5 Å². The van der Waals surface area contributed by atoms with E-state index in [1.165, 1.54) is 16.7 Å². The van der Waals surface area contributed by atoms with Crippen LogP contribution in [-0.2, 0) is 9.59 Å². The van der Waals surface area contributed by atoms with E-state index in [0.717, 1.165) is 10.8 Å². The Bertz CT molecular complexity index is 1020. The molecule has 28 heavy (non-hydrogen) atoms. The van der Waals surface area contributed by atoms with Gasteiger partial charge >= 0.3 is 5.97 Å². The lowest BCUT2D eigenvalue weighted by Crippen LogP contribution is -2.75. The lowest BCUT2D eigenvalue weighted by Gasteiger charge is -2.51. The first kappa shape index (κ1) is 19.4. The molecule has 0 aromatic heterocycles. The van der Waals surface area contributed by atoms with E-state index in [-0.39, 0.29) is 0 Å². The number of benzene rings is 2. The van der Waals surface area contributed by atoms with Gasteiger partial charge in [0.05, 0.1) is 0 Å². The molecule has 2 saturated heterocycles. The molecule has 4 atom stereocenters. The van der Waals surface area contributed by atoms with Gasteiger partial charge in [0, 0.05) is 10.3 Å². The molecule has 1 amide bonds. The zero-order valence-corrected chi connectivity index (χ0v) is 17.5. The summed E-state index contributed by atoms with van der Waals surface area (Å²) in [6, 6.07) is 11.6. The van der Waals surface area contributed by atoms with Crippen LogP contribution in [0.4, 0.5) is 0 Å². The topological polar surface area (TPSA) is 94.9 Å². The molecule has 6 nitrogen and oxygen atoms in total. The molecule has 4 rings (SSSR count). The maximum atomic E-state index is 13.0. The molecule has 0 aliphatic carbocycles. The van der Waals surface area contributed by atoms with E-state index in [4.69, 9.17) is 0 Å². The number of Topliss-reactive ketones (excluding diaryl/α,β-unsaturated/α-hetero) is 1. The number of carboxylic acids is 1. The van der Waals surface area contributed by atoms with Crippen molar-refractivity contribution in [2.24, 2.45) is 0 Å². The zero-order valence-electron chi connectivity index (χ0n) is 15.1. The minimum absolute atomic E-state index is 0.299. The third-order valence-corrected chi connectivity index (χ3v) is 8.60. The molecule has 8 heteroatoms. The van der Waals surface area contributed by atoms with Crippen LogP contribution >= 0.6 is 27.7 Å². The highest BCUT2D eigenvalue weighted by atomic mass is 79.9. The quantitative estimate of drug-likeness (QED) is 0.411. The number of hydrogen-bond acceptors (Lipinski definition) is 5. The van der Waals surface area contributed by atoms with Gasteiger partial charge in [-0.2, -0.15) is 0 Å². The smallest absolute Gasteiger partial charge is 0.327 e. The number of amides is 1. The number of carbonyl (C=O) groups is 3. The Balaban J connectivity index is 1.66. The third kappa shape index (κ3) is 2.54. The Morgan fingerprint density at radius 1 is 1.18 bits per heavy atom. The highest BCUT2D eigenvalue weighted by Crippen LogP contribution is 2.59. The summed E-state index contributed by atoms with van der Waals surface area (Å²) in [6.07, 6.45) is -1.63. The van der Waals surface area contributed by atoms with Crippen molar-refractivity contribution in [3.8, 4) is 0 Å². The number of ketones is 1. The SMILES string of the molecule is CC1(C)S[C@H]2N(C(=O)C2(Br)[C@H](O)C(=O)c2ccc3ccccc3c2)[C@H]1C(=O)O. The fourth-order valence-electron chi connectivity index (χ4n) is 3.99. The average molecular weight is 464 g/mol. The van der Waals surface area contributed by atoms with Crippen LogP contribution in [0.25, 0.3) is 10.8 Å². The summed E-state index contributed by atoms with van der Waals surface area (Å²) in [6.45, 7) is 3.49. The van der Waals surface area contributed by atoms with Gasteiger partial charge in [-0.1, -0.05) is 52.3 Å².